The summed E-state index contributed by atoms with van der Waals surface area (Å²) < 4.78 is 0. The van der Waals surface area contributed by atoms with Crippen LogP contribution in [0.1, 0.15) is 97.8 Å². The van der Waals surface area contributed by atoms with Gasteiger partial charge in [0.2, 0.25) is 0 Å². The average molecular weight is 494 g/mol. The largest absolute Gasteiger partial charge is 0.325 e. The molecule has 4 amide bonds. The topological polar surface area (TPSA) is 50.3 Å². The molecule has 0 aromatic rings. The molecule has 7 heteroatoms. The van der Waals surface area contributed by atoms with Crippen molar-refractivity contribution in [1.82, 2.24) is 24.5 Å². The van der Waals surface area contributed by atoms with Crippen LogP contribution in [0, 0.1) is 0 Å². The summed E-state index contributed by atoms with van der Waals surface area (Å²) >= 11 is 0. The van der Waals surface area contributed by atoms with Gasteiger partial charge in [-0.25, -0.2) is 9.59 Å². The lowest BCUT2D eigenvalue weighted by atomic mass is 10.1. The van der Waals surface area contributed by atoms with Gasteiger partial charge in [-0.2, -0.15) is 0 Å². The molecule has 0 aliphatic carbocycles. The predicted octanol–water partition coefficient (Wildman–Crippen LogP) is 5.50. The summed E-state index contributed by atoms with van der Waals surface area (Å²) in [6.07, 6.45) is 16.2. The highest BCUT2D eigenvalue weighted by Crippen LogP contribution is 2.14. The average Bonchev–Trinajstić information content (AvgIpc) is 3.23. The molecule has 2 heterocycles. The van der Waals surface area contributed by atoms with Crippen LogP contribution in [0.25, 0.3) is 0 Å². The zero-order chi connectivity index (χ0) is 25.3. The van der Waals surface area contributed by atoms with Crippen molar-refractivity contribution in [3.63, 3.8) is 0 Å². The van der Waals surface area contributed by atoms with E-state index in [-0.39, 0.29) is 12.1 Å². The lowest BCUT2D eigenvalue weighted by Gasteiger charge is -2.37. The molecule has 0 aromatic heterocycles. The van der Waals surface area contributed by atoms with Crippen LogP contribution in [-0.2, 0) is 0 Å². The van der Waals surface area contributed by atoms with E-state index in [9.17, 15) is 9.59 Å². The Morgan fingerprint density at radius 1 is 0.629 bits per heavy atom. The number of carbonyl (C=O) groups is 2. The third kappa shape index (κ3) is 11.0. The molecule has 2 aliphatic heterocycles. The van der Waals surface area contributed by atoms with E-state index in [1.165, 1.54) is 70.6 Å². The van der Waals surface area contributed by atoms with Crippen LogP contribution in [0.4, 0.5) is 9.59 Å². The molecule has 0 unspecified atom stereocenters. The number of hydrogen-bond donors (Lipinski definition) is 0. The summed E-state index contributed by atoms with van der Waals surface area (Å²) in [5.41, 5.74) is 0. The molecule has 0 radical (unpaired) electrons. The van der Waals surface area contributed by atoms with Gasteiger partial charge in [-0.15, -0.1) is 0 Å². The van der Waals surface area contributed by atoms with Crippen molar-refractivity contribution < 1.29 is 9.59 Å². The fraction of sp³-hybridized carbons (Fsp3) is 0.929. The van der Waals surface area contributed by atoms with Crippen LogP contribution >= 0.6 is 0 Å². The van der Waals surface area contributed by atoms with E-state index in [4.69, 9.17) is 0 Å². The number of urea groups is 2. The quantitative estimate of drug-likeness (QED) is 0.237. The van der Waals surface area contributed by atoms with Crippen LogP contribution in [0.15, 0.2) is 0 Å². The molecular formula is C28H55N5O2. The van der Waals surface area contributed by atoms with Gasteiger partial charge in [-0.3, -0.25) is 4.90 Å². The van der Waals surface area contributed by atoms with Gasteiger partial charge in [-0.05, 0) is 20.3 Å². The Kier molecular flexibility index (Phi) is 15.2. The summed E-state index contributed by atoms with van der Waals surface area (Å²) in [7, 11) is 0. The normalized spacial score (nSPS) is 17.0. The number of carbonyl (C=O) groups excluding carboxylic acids is 2. The first kappa shape index (κ1) is 29.7. The third-order valence-electron chi connectivity index (χ3n) is 7.83. The minimum absolute atomic E-state index is 0.165. The minimum Gasteiger partial charge on any atom is -0.325 e. The monoisotopic (exact) mass is 493 g/mol. The molecule has 0 spiro atoms. The van der Waals surface area contributed by atoms with Gasteiger partial charge in [-0.1, -0.05) is 77.6 Å². The van der Waals surface area contributed by atoms with Gasteiger partial charge in [0.25, 0.3) is 0 Å². The maximum Gasteiger partial charge on any atom is 0.320 e. The first-order chi connectivity index (χ1) is 17.1. The van der Waals surface area contributed by atoms with Crippen molar-refractivity contribution in [3.8, 4) is 0 Å². The Morgan fingerprint density at radius 2 is 1.11 bits per heavy atom. The lowest BCUT2D eigenvalue weighted by Crippen LogP contribution is -2.53. The van der Waals surface area contributed by atoms with Crippen molar-refractivity contribution in [3.05, 3.63) is 0 Å². The second kappa shape index (κ2) is 17.9. The number of nitrogens with zero attached hydrogens (tertiary/aromatic N) is 5. The molecule has 7 nitrogen and oxygen atoms in total. The highest BCUT2D eigenvalue weighted by atomic mass is 16.2. The van der Waals surface area contributed by atoms with Crippen molar-refractivity contribution in [2.24, 2.45) is 0 Å². The highest BCUT2D eigenvalue weighted by Gasteiger charge is 2.29. The third-order valence-corrected chi connectivity index (χ3v) is 7.83. The summed E-state index contributed by atoms with van der Waals surface area (Å²) in [5.74, 6) is 0. The molecule has 0 aromatic carbocycles. The molecule has 0 atom stereocenters. The molecule has 2 fully saturated rings. The second-order valence-electron chi connectivity index (χ2n) is 10.4. The summed E-state index contributed by atoms with van der Waals surface area (Å²) in [5, 5.41) is 0. The lowest BCUT2D eigenvalue weighted by molar-refractivity contribution is 0.111. The Bertz CT molecular complexity index is 576. The van der Waals surface area contributed by atoms with E-state index in [1.807, 2.05) is 28.5 Å². The molecule has 0 saturated carbocycles. The summed E-state index contributed by atoms with van der Waals surface area (Å²) in [4.78, 5) is 35.6. The predicted molar refractivity (Wildman–Crippen MR) is 146 cm³/mol. The first-order valence-corrected chi connectivity index (χ1v) is 14.9. The van der Waals surface area contributed by atoms with Gasteiger partial charge in [0.15, 0.2) is 0 Å². The summed E-state index contributed by atoms with van der Waals surface area (Å²) in [6.45, 7) is 15.6. The van der Waals surface area contributed by atoms with Crippen LogP contribution in [0.5, 0.6) is 0 Å². The van der Waals surface area contributed by atoms with Gasteiger partial charge in [0.05, 0.1) is 0 Å². The molecule has 2 saturated heterocycles. The van der Waals surface area contributed by atoms with Gasteiger partial charge >= 0.3 is 12.1 Å². The number of hydrogen-bond acceptors (Lipinski definition) is 3. The molecule has 0 bridgehead atoms. The van der Waals surface area contributed by atoms with E-state index in [2.05, 4.69) is 16.7 Å². The minimum atomic E-state index is 0.165. The number of amides is 4. The molecular weight excluding hydrogens is 438 g/mol. The molecule has 35 heavy (non-hydrogen) atoms. The van der Waals surface area contributed by atoms with Gasteiger partial charge < -0.3 is 19.6 Å². The van der Waals surface area contributed by atoms with E-state index in [0.29, 0.717) is 0 Å². The Balaban J connectivity index is 1.48. The molecule has 0 N–H and O–H groups in total. The van der Waals surface area contributed by atoms with Crippen molar-refractivity contribution in [1.29, 1.82) is 0 Å². The zero-order valence-corrected chi connectivity index (χ0v) is 23.3. The van der Waals surface area contributed by atoms with E-state index in [1.54, 1.807) is 0 Å². The Labute approximate surface area is 216 Å². The van der Waals surface area contributed by atoms with E-state index in [0.717, 1.165) is 78.4 Å². The Hall–Kier alpha value is -1.50. The first-order valence-electron chi connectivity index (χ1n) is 14.9. The van der Waals surface area contributed by atoms with E-state index < -0.39 is 0 Å². The molecule has 2 aliphatic rings. The number of piperazine rings is 1. The SMILES string of the molecule is CCCCCCCCCCCCCCN1CCN(CCN2CCN(C(=O)N(CC)CC)CC2)C1=O. The van der Waals surface area contributed by atoms with Gasteiger partial charge in [0, 0.05) is 72.0 Å². The Morgan fingerprint density at radius 3 is 1.63 bits per heavy atom. The van der Waals surface area contributed by atoms with Crippen molar-refractivity contribution in [2.75, 3.05) is 72.0 Å². The van der Waals surface area contributed by atoms with Crippen molar-refractivity contribution in [2.45, 2.75) is 97.8 Å². The zero-order valence-electron chi connectivity index (χ0n) is 23.3. The van der Waals surface area contributed by atoms with Gasteiger partial charge in [0.1, 0.15) is 0 Å². The number of rotatable bonds is 18. The summed E-state index contributed by atoms with van der Waals surface area (Å²) in [6, 6.07) is 0.390. The highest BCUT2D eigenvalue weighted by molar-refractivity contribution is 5.76. The van der Waals surface area contributed by atoms with Crippen molar-refractivity contribution >= 4 is 12.1 Å². The second-order valence-corrected chi connectivity index (χ2v) is 10.4. The van der Waals surface area contributed by atoms with Crippen LogP contribution in [0.2, 0.25) is 0 Å². The fourth-order valence-corrected chi connectivity index (χ4v) is 5.31. The van der Waals surface area contributed by atoms with Crippen LogP contribution in [0.3, 0.4) is 0 Å². The van der Waals surface area contributed by atoms with Crippen LogP contribution < -0.4 is 0 Å². The van der Waals surface area contributed by atoms with E-state index >= 15 is 0 Å². The maximum atomic E-state index is 12.8. The maximum absolute atomic E-state index is 12.8. The fourth-order valence-electron chi connectivity index (χ4n) is 5.31. The van der Waals surface area contributed by atoms with Crippen LogP contribution in [-0.4, -0.2) is 109 Å². The standard InChI is InChI=1S/C28H55N5O2/c1-4-7-8-9-10-11-12-13-14-15-16-17-18-31-25-26-33(28(31)35)24-21-29-19-22-32(23-20-29)27(34)30(5-2)6-3/h4-26H2,1-3H3. The molecule has 204 valence electrons. The smallest absolute Gasteiger partial charge is 0.320 e. The molecule has 2 rings (SSSR count). The number of unbranched alkanes of at least 4 members (excludes halogenated alkanes) is 11.